The average Bonchev–Trinajstić information content (AvgIpc) is 3.03. The summed E-state index contributed by atoms with van der Waals surface area (Å²) >= 11 is 0. The number of carbonyl (C=O) groups is 1. The molecule has 1 N–H and O–H groups in total. The highest BCUT2D eigenvalue weighted by Gasteiger charge is 2.39. The Morgan fingerprint density at radius 3 is 2.48 bits per heavy atom. The van der Waals surface area contributed by atoms with Crippen molar-refractivity contribution in [3.05, 3.63) is 0 Å². The first-order valence-electron chi connectivity index (χ1n) is 8.83. The molecule has 2 aliphatic rings. The molecule has 0 aromatic carbocycles. The number of nitrogens with one attached hydrogen (secondary N) is 1. The molecule has 0 radical (unpaired) electrons. The Balaban J connectivity index is 1.97. The summed E-state index contributed by atoms with van der Waals surface area (Å²) in [6, 6.07) is 0.516. The summed E-state index contributed by atoms with van der Waals surface area (Å²) < 4.78 is 0. The Bertz CT molecular complexity index is 339. The monoisotopic (exact) mass is 295 g/mol. The third-order valence-electron chi connectivity index (χ3n) is 4.85. The van der Waals surface area contributed by atoms with E-state index < -0.39 is 0 Å². The molecule has 0 aromatic heterocycles. The van der Waals surface area contributed by atoms with Crippen LogP contribution in [0.5, 0.6) is 0 Å². The van der Waals surface area contributed by atoms with Gasteiger partial charge < -0.3 is 4.90 Å². The molecular formula is C17H33N3O. The molecule has 0 aromatic rings. The number of nitrogens with zero attached hydrogens (tertiary/aromatic N) is 2. The molecule has 2 aliphatic heterocycles. The van der Waals surface area contributed by atoms with Crippen molar-refractivity contribution in [1.29, 1.82) is 0 Å². The zero-order chi connectivity index (χ0) is 15.4. The van der Waals surface area contributed by atoms with E-state index in [0.717, 1.165) is 25.8 Å². The summed E-state index contributed by atoms with van der Waals surface area (Å²) in [6.45, 7) is 12.1. The van der Waals surface area contributed by atoms with Gasteiger partial charge in [-0.3, -0.25) is 15.0 Å². The SMILES string of the molecule is CCCC1NC(CC(C)C)C(=O)N1CC(C)N1CCCC1. The van der Waals surface area contributed by atoms with Gasteiger partial charge in [0.05, 0.1) is 12.2 Å². The van der Waals surface area contributed by atoms with Crippen LogP contribution < -0.4 is 5.32 Å². The van der Waals surface area contributed by atoms with Crippen LogP contribution in [0, 0.1) is 5.92 Å². The molecule has 21 heavy (non-hydrogen) atoms. The van der Waals surface area contributed by atoms with Gasteiger partial charge in [-0.1, -0.05) is 27.2 Å². The number of hydrogen-bond acceptors (Lipinski definition) is 3. The second-order valence-corrected chi connectivity index (χ2v) is 7.24. The first-order valence-corrected chi connectivity index (χ1v) is 8.83. The van der Waals surface area contributed by atoms with Gasteiger partial charge in [0.2, 0.25) is 5.91 Å². The molecule has 4 heteroatoms. The Morgan fingerprint density at radius 2 is 1.90 bits per heavy atom. The van der Waals surface area contributed by atoms with Gasteiger partial charge in [-0.15, -0.1) is 0 Å². The van der Waals surface area contributed by atoms with Gasteiger partial charge in [0.15, 0.2) is 0 Å². The van der Waals surface area contributed by atoms with Crippen LogP contribution in [0.15, 0.2) is 0 Å². The highest BCUT2D eigenvalue weighted by atomic mass is 16.2. The highest BCUT2D eigenvalue weighted by molar-refractivity contribution is 5.84. The standard InChI is InChI=1S/C17H33N3O/c1-5-8-16-18-15(11-13(2)3)17(21)20(16)12-14(4)19-9-6-7-10-19/h13-16,18H,5-12H2,1-4H3. The fraction of sp³-hybridized carbons (Fsp3) is 0.941. The lowest BCUT2D eigenvalue weighted by Crippen LogP contribution is -2.46. The van der Waals surface area contributed by atoms with Crippen molar-refractivity contribution < 1.29 is 4.79 Å². The zero-order valence-corrected chi connectivity index (χ0v) is 14.3. The largest absolute Gasteiger partial charge is 0.324 e. The molecule has 2 saturated heterocycles. The molecule has 0 aliphatic carbocycles. The summed E-state index contributed by atoms with van der Waals surface area (Å²) in [5.41, 5.74) is 0. The number of hydrogen-bond donors (Lipinski definition) is 1. The normalized spacial score (nSPS) is 28.8. The van der Waals surface area contributed by atoms with Crippen LogP contribution in [0.3, 0.4) is 0 Å². The minimum atomic E-state index is 0.0346. The van der Waals surface area contributed by atoms with E-state index in [-0.39, 0.29) is 12.2 Å². The van der Waals surface area contributed by atoms with Gasteiger partial charge in [0.25, 0.3) is 0 Å². The molecule has 0 spiro atoms. The average molecular weight is 295 g/mol. The van der Waals surface area contributed by atoms with E-state index in [1.54, 1.807) is 0 Å². The van der Waals surface area contributed by atoms with Crippen molar-refractivity contribution in [2.75, 3.05) is 19.6 Å². The van der Waals surface area contributed by atoms with Crippen LogP contribution in [0.4, 0.5) is 0 Å². The zero-order valence-electron chi connectivity index (χ0n) is 14.3. The van der Waals surface area contributed by atoms with E-state index in [9.17, 15) is 4.79 Å². The third-order valence-corrected chi connectivity index (χ3v) is 4.85. The van der Waals surface area contributed by atoms with E-state index >= 15 is 0 Å². The molecule has 2 heterocycles. The summed E-state index contributed by atoms with van der Waals surface area (Å²) in [4.78, 5) is 17.4. The molecule has 3 atom stereocenters. The van der Waals surface area contributed by atoms with E-state index in [0.29, 0.717) is 17.9 Å². The lowest BCUT2D eigenvalue weighted by Gasteiger charge is -2.31. The second-order valence-electron chi connectivity index (χ2n) is 7.24. The summed E-state index contributed by atoms with van der Waals surface area (Å²) in [5.74, 6) is 0.887. The maximum Gasteiger partial charge on any atom is 0.241 e. The van der Waals surface area contributed by atoms with Crippen LogP contribution in [0.25, 0.3) is 0 Å². The van der Waals surface area contributed by atoms with Crippen LogP contribution in [-0.2, 0) is 4.79 Å². The molecule has 2 fully saturated rings. The number of carbonyl (C=O) groups excluding carboxylic acids is 1. The molecule has 122 valence electrons. The summed E-state index contributed by atoms with van der Waals surface area (Å²) in [5, 5.41) is 3.58. The number of amides is 1. The molecule has 3 unspecified atom stereocenters. The maximum atomic E-state index is 12.7. The molecule has 0 saturated carbocycles. The summed E-state index contributed by atoms with van der Waals surface area (Å²) in [7, 11) is 0. The van der Waals surface area contributed by atoms with Gasteiger partial charge in [0.1, 0.15) is 0 Å². The Morgan fingerprint density at radius 1 is 1.24 bits per heavy atom. The van der Waals surface area contributed by atoms with E-state index in [4.69, 9.17) is 0 Å². The van der Waals surface area contributed by atoms with E-state index in [2.05, 4.69) is 42.8 Å². The quantitative estimate of drug-likeness (QED) is 0.783. The highest BCUT2D eigenvalue weighted by Crippen LogP contribution is 2.22. The number of likely N-dealkylation sites (tertiary alicyclic amines) is 1. The predicted octanol–water partition coefficient (Wildman–Crippen LogP) is 2.44. The Labute approximate surface area is 130 Å². The lowest BCUT2D eigenvalue weighted by atomic mass is 10.0. The van der Waals surface area contributed by atoms with Gasteiger partial charge in [0, 0.05) is 12.6 Å². The number of rotatable bonds is 7. The first-order chi connectivity index (χ1) is 10.0. The van der Waals surface area contributed by atoms with Gasteiger partial charge in [-0.2, -0.15) is 0 Å². The van der Waals surface area contributed by atoms with Crippen LogP contribution in [-0.4, -0.2) is 53.6 Å². The minimum absolute atomic E-state index is 0.0346. The van der Waals surface area contributed by atoms with Crippen molar-refractivity contribution in [3.63, 3.8) is 0 Å². The van der Waals surface area contributed by atoms with Crippen LogP contribution in [0.1, 0.15) is 59.8 Å². The smallest absolute Gasteiger partial charge is 0.241 e. The van der Waals surface area contributed by atoms with Crippen molar-refractivity contribution >= 4 is 5.91 Å². The van der Waals surface area contributed by atoms with Crippen LogP contribution >= 0.6 is 0 Å². The fourth-order valence-electron chi connectivity index (χ4n) is 3.70. The predicted molar refractivity (Wildman–Crippen MR) is 87.1 cm³/mol. The Hall–Kier alpha value is -0.610. The Kier molecular flexibility index (Phi) is 6.06. The molecular weight excluding hydrogens is 262 g/mol. The van der Waals surface area contributed by atoms with Gasteiger partial charge >= 0.3 is 0 Å². The van der Waals surface area contributed by atoms with Gasteiger partial charge in [-0.25, -0.2) is 0 Å². The minimum Gasteiger partial charge on any atom is -0.324 e. The van der Waals surface area contributed by atoms with Crippen molar-refractivity contribution in [1.82, 2.24) is 15.1 Å². The molecule has 4 nitrogen and oxygen atoms in total. The molecule has 1 amide bonds. The second kappa shape index (κ2) is 7.59. The first kappa shape index (κ1) is 16.8. The summed E-state index contributed by atoms with van der Waals surface area (Å²) in [6.07, 6.45) is 6.00. The fourth-order valence-corrected chi connectivity index (χ4v) is 3.70. The van der Waals surface area contributed by atoms with Crippen molar-refractivity contribution in [2.45, 2.75) is 78.0 Å². The third kappa shape index (κ3) is 4.19. The molecule has 0 bridgehead atoms. The maximum absolute atomic E-state index is 12.7. The topological polar surface area (TPSA) is 35.6 Å². The van der Waals surface area contributed by atoms with E-state index in [1.165, 1.54) is 25.9 Å². The van der Waals surface area contributed by atoms with Crippen LogP contribution in [0.2, 0.25) is 0 Å². The van der Waals surface area contributed by atoms with Gasteiger partial charge in [-0.05, 0) is 51.6 Å². The molecule has 2 rings (SSSR count). The van der Waals surface area contributed by atoms with Crippen molar-refractivity contribution in [2.24, 2.45) is 5.92 Å². The van der Waals surface area contributed by atoms with E-state index in [1.807, 2.05) is 0 Å². The lowest BCUT2D eigenvalue weighted by molar-refractivity contribution is -0.131. The van der Waals surface area contributed by atoms with Crippen molar-refractivity contribution in [3.8, 4) is 0 Å².